The Morgan fingerprint density at radius 3 is 2.52 bits per heavy atom. The van der Waals surface area contributed by atoms with Gasteiger partial charge in [-0.1, -0.05) is 19.4 Å². The molecule has 1 aromatic carbocycles. The van der Waals surface area contributed by atoms with Crippen molar-refractivity contribution in [1.29, 1.82) is 0 Å². The molecule has 0 radical (unpaired) electrons. The van der Waals surface area contributed by atoms with Crippen LogP contribution in [0.5, 0.6) is 0 Å². The number of anilines is 1. The van der Waals surface area contributed by atoms with Gasteiger partial charge in [0.2, 0.25) is 5.91 Å². The van der Waals surface area contributed by atoms with E-state index in [0.717, 1.165) is 0 Å². The van der Waals surface area contributed by atoms with E-state index in [1.165, 1.54) is 4.90 Å². The zero-order valence-electron chi connectivity index (χ0n) is 13.6. The summed E-state index contributed by atoms with van der Waals surface area (Å²) in [5.41, 5.74) is 0.960. The molecule has 0 aliphatic carbocycles. The molecule has 1 unspecified atom stereocenters. The number of nitrogens with zero attached hydrogens (tertiary/aromatic N) is 1. The molecule has 0 saturated heterocycles. The highest BCUT2D eigenvalue weighted by Crippen LogP contribution is 2.12. The summed E-state index contributed by atoms with van der Waals surface area (Å²) in [5.74, 6) is -1.49. The van der Waals surface area contributed by atoms with Gasteiger partial charge in [0.25, 0.3) is 5.91 Å². The quantitative estimate of drug-likeness (QED) is 0.667. The molecule has 0 aliphatic rings. The molecule has 0 aromatic heterocycles. The fourth-order valence-electron chi connectivity index (χ4n) is 2.01. The third-order valence-corrected chi connectivity index (χ3v) is 3.18. The zero-order valence-corrected chi connectivity index (χ0v) is 13.6. The lowest BCUT2D eigenvalue weighted by Gasteiger charge is -2.14. The highest BCUT2D eigenvalue weighted by Gasteiger charge is 2.17. The second-order valence-electron chi connectivity index (χ2n) is 5.39. The van der Waals surface area contributed by atoms with Gasteiger partial charge in [0.15, 0.2) is 0 Å². The van der Waals surface area contributed by atoms with Gasteiger partial charge in [-0.15, -0.1) is 0 Å². The molecule has 3 N–H and O–H groups in total. The van der Waals surface area contributed by atoms with E-state index in [2.05, 4.69) is 10.6 Å². The summed E-state index contributed by atoms with van der Waals surface area (Å²) in [5, 5.41) is 14.4. The average Bonchev–Trinajstić information content (AvgIpc) is 2.50. The number of nitrogens with one attached hydrogen (secondary N) is 2. The van der Waals surface area contributed by atoms with Crippen LogP contribution in [0.15, 0.2) is 24.3 Å². The van der Waals surface area contributed by atoms with Gasteiger partial charge in [0.05, 0.1) is 6.54 Å². The third-order valence-electron chi connectivity index (χ3n) is 3.18. The van der Waals surface area contributed by atoms with E-state index in [-0.39, 0.29) is 18.4 Å². The van der Waals surface area contributed by atoms with Crippen LogP contribution in [0.3, 0.4) is 0 Å². The lowest BCUT2D eigenvalue weighted by molar-refractivity contribution is -0.139. The lowest BCUT2D eigenvalue weighted by atomic mass is 10.1. The van der Waals surface area contributed by atoms with Crippen LogP contribution in [0.4, 0.5) is 5.69 Å². The predicted molar refractivity (Wildman–Crippen MR) is 87.4 cm³/mol. The Morgan fingerprint density at radius 1 is 1.26 bits per heavy atom. The van der Waals surface area contributed by atoms with Crippen LogP contribution in [-0.4, -0.2) is 54.5 Å². The number of aliphatic carboxylic acids is 1. The number of carbonyl (C=O) groups is 3. The van der Waals surface area contributed by atoms with Gasteiger partial charge >= 0.3 is 5.97 Å². The van der Waals surface area contributed by atoms with Gasteiger partial charge in [-0.2, -0.15) is 0 Å². The summed E-state index contributed by atoms with van der Waals surface area (Å²) in [6, 6.07) is 5.85. The minimum absolute atomic E-state index is 0.108. The van der Waals surface area contributed by atoms with E-state index in [1.807, 2.05) is 6.92 Å². The van der Waals surface area contributed by atoms with E-state index >= 15 is 0 Å². The molecule has 0 saturated carbocycles. The first-order chi connectivity index (χ1) is 10.8. The van der Waals surface area contributed by atoms with Crippen LogP contribution < -0.4 is 10.6 Å². The van der Waals surface area contributed by atoms with Crippen molar-refractivity contribution in [3.05, 3.63) is 29.8 Å². The number of carboxylic acid groups (broad SMARTS) is 1. The van der Waals surface area contributed by atoms with Gasteiger partial charge in [-0.25, -0.2) is 0 Å². The molecule has 7 nitrogen and oxygen atoms in total. The maximum absolute atomic E-state index is 11.9. The van der Waals surface area contributed by atoms with Crippen molar-refractivity contribution in [1.82, 2.24) is 10.2 Å². The van der Waals surface area contributed by atoms with Crippen LogP contribution in [0, 0.1) is 0 Å². The fourth-order valence-corrected chi connectivity index (χ4v) is 2.01. The molecule has 1 rings (SSSR count). The zero-order chi connectivity index (χ0) is 17.4. The molecule has 23 heavy (non-hydrogen) atoms. The number of carboxylic acids is 1. The van der Waals surface area contributed by atoms with E-state index in [9.17, 15) is 14.4 Å². The molecular weight excluding hydrogens is 298 g/mol. The second kappa shape index (κ2) is 8.89. The Kier molecular flexibility index (Phi) is 7.21. The monoisotopic (exact) mass is 321 g/mol. The highest BCUT2D eigenvalue weighted by atomic mass is 16.4. The first-order valence-corrected chi connectivity index (χ1v) is 7.43. The average molecular weight is 321 g/mol. The van der Waals surface area contributed by atoms with Crippen molar-refractivity contribution in [2.45, 2.75) is 25.8 Å². The minimum atomic E-state index is -0.974. The standard InChI is InChI=1S/C16H23N3O4/c1-4-6-13(16(22)23)17-10-14(20)18-12-8-5-7-11(9-12)15(21)19(2)3/h5,7-9,13,17H,4,6,10H2,1-3H3,(H,18,20)(H,22,23). The van der Waals surface area contributed by atoms with Crippen molar-refractivity contribution in [2.75, 3.05) is 26.0 Å². The molecule has 0 aliphatic heterocycles. The molecule has 0 heterocycles. The smallest absolute Gasteiger partial charge is 0.320 e. The maximum Gasteiger partial charge on any atom is 0.320 e. The second-order valence-corrected chi connectivity index (χ2v) is 5.39. The van der Waals surface area contributed by atoms with E-state index in [4.69, 9.17) is 5.11 Å². The molecule has 0 fully saturated rings. The topological polar surface area (TPSA) is 98.7 Å². The number of rotatable bonds is 8. The number of carbonyl (C=O) groups excluding carboxylic acids is 2. The van der Waals surface area contributed by atoms with Crippen molar-refractivity contribution in [2.24, 2.45) is 0 Å². The SMILES string of the molecule is CCCC(NCC(=O)Nc1cccc(C(=O)N(C)C)c1)C(=O)O. The molecule has 1 atom stereocenters. The molecule has 2 amide bonds. The molecule has 0 spiro atoms. The van der Waals surface area contributed by atoms with E-state index in [1.54, 1.807) is 38.4 Å². The highest BCUT2D eigenvalue weighted by molar-refractivity contribution is 5.97. The van der Waals surface area contributed by atoms with Crippen molar-refractivity contribution >= 4 is 23.5 Å². The summed E-state index contributed by atoms with van der Waals surface area (Å²) in [7, 11) is 3.30. The number of amides is 2. The van der Waals surface area contributed by atoms with E-state index < -0.39 is 12.0 Å². The first-order valence-electron chi connectivity index (χ1n) is 7.43. The molecular formula is C16H23N3O4. The van der Waals surface area contributed by atoms with E-state index in [0.29, 0.717) is 24.1 Å². The Balaban J connectivity index is 2.62. The Hall–Kier alpha value is -2.41. The largest absolute Gasteiger partial charge is 0.480 e. The molecule has 126 valence electrons. The third kappa shape index (κ3) is 6.07. The van der Waals surface area contributed by atoms with Gasteiger partial charge in [-0.3, -0.25) is 19.7 Å². The maximum atomic E-state index is 11.9. The van der Waals surface area contributed by atoms with Crippen molar-refractivity contribution < 1.29 is 19.5 Å². The van der Waals surface area contributed by atoms with Gasteiger partial charge in [-0.05, 0) is 24.6 Å². The van der Waals surface area contributed by atoms with Crippen LogP contribution >= 0.6 is 0 Å². The van der Waals surface area contributed by atoms with Crippen molar-refractivity contribution in [3.63, 3.8) is 0 Å². The Labute approximate surface area is 135 Å². The van der Waals surface area contributed by atoms with Gasteiger partial charge in [0, 0.05) is 25.3 Å². The normalized spacial score (nSPS) is 11.6. The van der Waals surface area contributed by atoms with Crippen LogP contribution in [0.25, 0.3) is 0 Å². The van der Waals surface area contributed by atoms with Crippen LogP contribution in [0.1, 0.15) is 30.1 Å². The van der Waals surface area contributed by atoms with Gasteiger partial charge < -0.3 is 15.3 Å². The number of benzene rings is 1. The summed E-state index contributed by atoms with van der Waals surface area (Å²) in [6.07, 6.45) is 1.16. The predicted octanol–water partition coefficient (Wildman–Crippen LogP) is 1.17. The minimum Gasteiger partial charge on any atom is -0.480 e. The molecule has 1 aromatic rings. The summed E-state index contributed by atoms with van der Waals surface area (Å²) in [6.45, 7) is 1.77. The lowest BCUT2D eigenvalue weighted by Crippen LogP contribution is -2.41. The summed E-state index contributed by atoms with van der Waals surface area (Å²) >= 11 is 0. The summed E-state index contributed by atoms with van der Waals surface area (Å²) < 4.78 is 0. The Morgan fingerprint density at radius 2 is 1.96 bits per heavy atom. The van der Waals surface area contributed by atoms with Gasteiger partial charge in [0.1, 0.15) is 6.04 Å². The fraction of sp³-hybridized carbons (Fsp3) is 0.438. The number of hydrogen-bond acceptors (Lipinski definition) is 4. The molecule has 7 heteroatoms. The Bertz CT molecular complexity index is 572. The van der Waals surface area contributed by atoms with Crippen molar-refractivity contribution in [3.8, 4) is 0 Å². The first kappa shape index (κ1) is 18.6. The van der Waals surface area contributed by atoms with Crippen LogP contribution in [0.2, 0.25) is 0 Å². The summed E-state index contributed by atoms with van der Waals surface area (Å²) in [4.78, 5) is 36.2. The number of hydrogen-bond donors (Lipinski definition) is 3. The molecule has 0 bridgehead atoms. The van der Waals surface area contributed by atoms with Crippen LogP contribution in [-0.2, 0) is 9.59 Å².